The van der Waals surface area contributed by atoms with E-state index in [0.717, 1.165) is 17.7 Å². The highest BCUT2D eigenvalue weighted by atomic mass is 19.4. The lowest BCUT2D eigenvalue weighted by Gasteiger charge is -2.33. The third-order valence-corrected chi connectivity index (χ3v) is 5.02. The summed E-state index contributed by atoms with van der Waals surface area (Å²) in [5.74, 6) is -0.203. The van der Waals surface area contributed by atoms with Crippen LogP contribution in [-0.4, -0.2) is 18.5 Å². The molecule has 1 amide bonds. The Morgan fingerprint density at radius 3 is 2.07 bits per heavy atom. The lowest BCUT2D eigenvalue weighted by molar-refractivity contribution is -0.143. The second-order valence-electron chi connectivity index (χ2n) is 7.25. The average Bonchev–Trinajstić information content (AvgIpc) is 2.67. The van der Waals surface area contributed by atoms with Crippen LogP contribution in [0.25, 0.3) is 0 Å². The molecule has 1 heterocycles. The van der Waals surface area contributed by atoms with Gasteiger partial charge in [-0.2, -0.15) is 26.3 Å². The van der Waals surface area contributed by atoms with Crippen molar-refractivity contribution in [3.63, 3.8) is 0 Å². The van der Waals surface area contributed by atoms with Crippen LogP contribution in [0.15, 0.2) is 48.5 Å². The standard InChI is InChI=1S/C21H20F6N2O/c22-20(23,24)15-9-13(10-16(11-15)21(25,26)27)5-4-8-17-19(28-12-18(30)29-17)14-6-2-1-3-7-14/h1-3,6-7,9-11,17,19,28H,4-5,8,12H2,(H,29,30). The van der Waals surface area contributed by atoms with Gasteiger partial charge in [0, 0.05) is 6.04 Å². The number of hydrogen-bond acceptors (Lipinski definition) is 2. The van der Waals surface area contributed by atoms with Crippen LogP contribution in [0.4, 0.5) is 26.3 Å². The van der Waals surface area contributed by atoms with E-state index in [1.807, 2.05) is 30.3 Å². The Morgan fingerprint density at radius 1 is 0.900 bits per heavy atom. The number of carbonyl (C=O) groups is 1. The summed E-state index contributed by atoms with van der Waals surface area (Å²) < 4.78 is 78.0. The molecule has 0 radical (unpaired) electrons. The summed E-state index contributed by atoms with van der Waals surface area (Å²) in [5, 5.41) is 5.99. The van der Waals surface area contributed by atoms with Gasteiger partial charge in [0.2, 0.25) is 5.91 Å². The summed E-state index contributed by atoms with van der Waals surface area (Å²) in [5.41, 5.74) is -1.73. The molecule has 2 atom stereocenters. The first-order chi connectivity index (χ1) is 14.0. The minimum Gasteiger partial charge on any atom is -0.350 e. The topological polar surface area (TPSA) is 41.1 Å². The minimum absolute atomic E-state index is 0.0287. The molecular weight excluding hydrogens is 410 g/mol. The van der Waals surface area contributed by atoms with E-state index in [1.54, 1.807) is 0 Å². The van der Waals surface area contributed by atoms with Gasteiger partial charge in [0.15, 0.2) is 0 Å². The highest BCUT2D eigenvalue weighted by molar-refractivity contribution is 5.79. The Labute approximate surface area is 169 Å². The molecule has 0 saturated carbocycles. The van der Waals surface area contributed by atoms with Crippen LogP contribution in [0.2, 0.25) is 0 Å². The molecule has 162 valence electrons. The normalized spacial score (nSPS) is 20.1. The molecule has 1 aliphatic heterocycles. The van der Waals surface area contributed by atoms with E-state index in [0.29, 0.717) is 12.8 Å². The molecule has 2 aromatic rings. The highest BCUT2D eigenvalue weighted by Crippen LogP contribution is 2.36. The zero-order valence-electron chi connectivity index (χ0n) is 15.8. The predicted molar refractivity (Wildman–Crippen MR) is 98.5 cm³/mol. The summed E-state index contributed by atoms with van der Waals surface area (Å²) in [4.78, 5) is 11.8. The van der Waals surface area contributed by atoms with Crippen molar-refractivity contribution in [1.82, 2.24) is 10.6 Å². The summed E-state index contributed by atoms with van der Waals surface area (Å²) in [6, 6.07) is 10.5. The first-order valence-corrected chi connectivity index (χ1v) is 9.40. The van der Waals surface area contributed by atoms with Crippen LogP contribution in [0.1, 0.15) is 41.1 Å². The van der Waals surface area contributed by atoms with E-state index in [1.165, 1.54) is 0 Å². The predicted octanol–water partition coefficient (Wildman–Crippen LogP) is 4.88. The number of halogens is 6. The monoisotopic (exact) mass is 430 g/mol. The number of carbonyl (C=O) groups excluding carboxylic acids is 1. The van der Waals surface area contributed by atoms with Gasteiger partial charge in [0.25, 0.3) is 0 Å². The van der Waals surface area contributed by atoms with Gasteiger partial charge in [0.05, 0.1) is 23.7 Å². The summed E-state index contributed by atoms with van der Waals surface area (Å²) >= 11 is 0. The van der Waals surface area contributed by atoms with Gasteiger partial charge >= 0.3 is 12.4 Å². The molecule has 30 heavy (non-hydrogen) atoms. The molecule has 0 aromatic heterocycles. The summed E-state index contributed by atoms with van der Waals surface area (Å²) in [7, 11) is 0. The maximum Gasteiger partial charge on any atom is 0.416 e. The third-order valence-electron chi connectivity index (χ3n) is 5.02. The SMILES string of the molecule is O=C1CNC(c2ccccc2)C(CCCc2cc(C(F)(F)F)cc(C(F)(F)F)c2)N1. The van der Waals surface area contributed by atoms with E-state index in [4.69, 9.17) is 0 Å². The molecule has 3 rings (SSSR count). The smallest absolute Gasteiger partial charge is 0.350 e. The van der Waals surface area contributed by atoms with Gasteiger partial charge in [-0.25, -0.2) is 0 Å². The van der Waals surface area contributed by atoms with Gasteiger partial charge in [-0.05, 0) is 48.6 Å². The molecule has 1 fully saturated rings. The van der Waals surface area contributed by atoms with E-state index < -0.39 is 23.5 Å². The molecule has 3 nitrogen and oxygen atoms in total. The van der Waals surface area contributed by atoms with Crippen molar-refractivity contribution >= 4 is 5.91 Å². The Morgan fingerprint density at radius 2 is 1.50 bits per heavy atom. The van der Waals surface area contributed by atoms with Crippen LogP contribution in [0, 0.1) is 0 Å². The number of amides is 1. The van der Waals surface area contributed by atoms with Crippen LogP contribution in [0.5, 0.6) is 0 Å². The minimum atomic E-state index is -4.87. The number of aryl methyl sites for hydroxylation is 1. The van der Waals surface area contributed by atoms with E-state index in [9.17, 15) is 31.1 Å². The molecule has 2 unspecified atom stereocenters. The maximum atomic E-state index is 13.0. The Hall–Kier alpha value is -2.55. The average molecular weight is 430 g/mol. The molecule has 9 heteroatoms. The van der Waals surface area contributed by atoms with Crippen LogP contribution >= 0.6 is 0 Å². The largest absolute Gasteiger partial charge is 0.416 e. The fourth-order valence-corrected chi connectivity index (χ4v) is 3.63. The number of alkyl halides is 6. The molecule has 1 saturated heterocycles. The van der Waals surface area contributed by atoms with Gasteiger partial charge in [-0.1, -0.05) is 30.3 Å². The second-order valence-corrected chi connectivity index (χ2v) is 7.25. The van der Waals surface area contributed by atoms with Gasteiger partial charge in [0.1, 0.15) is 0 Å². The molecule has 0 aliphatic carbocycles. The molecule has 0 spiro atoms. The van der Waals surface area contributed by atoms with Crippen LogP contribution in [-0.2, 0) is 23.6 Å². The Kier molecular flexibility index (Phi) is 6.40. The van der Waals surface area contributed by atoms with Crippen molar-refractivity contribution in [1.29, 1.82) is 0 Å². The fraction of sp³-hybridized carbons (Fsp3) is 0.381. The van der Waals surface area contributed by atoms with Crippen molar-refractivity contribution in [2.45, 2.75) is 43.7 Å². The molecule has 2 N–H and O–H groups in total. The van der Waals surface area contributed by atoms with Crippen molar-refractivity contribution in [2.75, 3.05) is 6.54 Å². The first kappa shape index (κ1) is 22.1. The fourth-order valence-electron chi connectivity index (χ4n) is 3.63. The highest BCUT2D eigenvalue weighted by Gasteiger charge is 2.37. The zero-order chi connectivity index (χ0) is 21.9. The summed E-state index contributed by atoms with van der Waals surface area (Å²) in [6.45, 7) is 0.138. The Bertz CT molecular complexity index is 847. The first-order valence-electron chi connectivity index (χ1n) is 9.40. The van der Waals surface area contributed by atoms with Crippen molar-refractivity contribution < 1.29 is 31.1 Å². The van der Waals surface area contributed by atoms with Crippen LogP contribution in [0.3, 0.4) is 0 Å². The maximum absolute atomic E-state index is 13.0. The van der Waals surface area contributed by atoms with E-state index in [2.05, 4.69) is 10.6 Å². The second kappa shape index (κ2) is 8.67. The zero-order valence-corrected chi connectivity index (χ0v) is 15.8. The molecule has 2 aromatic carbocycles. The summed E-state index contributed by atoms with van der Waals surface area (Å²) in [6.07, 6.45) is -8.99. The van der Waals surface area contributed by atoms with Crippen molar-refractivity contribution in [3.8, 4) is 0 Å². The van der Waals surface area contributed by atoms with Gasteiger partial charge in [-0.3, -0.25) is 10.1 Å². The number of nitrogens with one attached hydrogen (secondary N) is 2. The van der Waals surface area contributed by atoms with Crippen molar-refractivity contribution in [2.24, 2.45) is 0 Å². The number of rotatable bonds is 5. The van der Waals surface area contributed by atoms with Crippen LogP contribution < -0.4 is 10.6 Å². The Balaban J connectivity index is 1.73. The quantitative estimate of drug-likeness (QED) is 0.665. The lowest BCUT2D eigenvalue weighted by atomic mass is 9.92. The molecule has 1 aliphatic rings. The number of hydrogen-bond donors (Lipinski definition) is 2. The molecule has 0 bridgehead atoms. The van der Waals surface area contributed by atoms with Crippen molar-refractivity contribution in [3.05, 3.63) is 70.8 Å². The lowest BCUT2D eigenvalue weighted by Crippen LogP contribution is -2.54. The molecular formula is C21H20F6N2O. The van der Waals surface area contributed by atoms with E-state index in [-0.39, 0.29) is 42.6 Å². The third kappa shape index (κ3) is 5.53. The van der Waals surface area contributed by atoms with E-state index >= 15 is 0 Å². The van der Waals surface area contributed by atoms with Gasteiger partial charge < -0.3 is 5.32 Å². The number of piperazine rings is 1. The van der Waals surface area contributed by atoms with Gasteiger partial charge in [-0.15, -0.1) is 0 Å². The number of benzene rings is 2.